The van der Waals surface area contributed by atoms with Crippen molar-refractivity contribution in [1.82, 2.24) is 15.0 Å². The van der Waals surface area contributed by atoms with Gasteiger partial charge in [0.05, 0.1) is 35.0 Å². The molecule has 1 N–H and O–H groups in total. The zero-order chi connectivity index (χ0) is 18.8. The summed E-state index contributed by atoms with van der Waals surface area (Å²) in [6.07, 6.45) is 0. The Morgan fingerprint density at radius 3 is 2.59 bits per heavy atom. The number of para-hydroxylation sites is 2. The Bertz CT molecular complexity index is 1140. The van der Waals surface area contributed by atoms with Gasteiger partial charge in [-0.3, -0.25) is 10.1 Å². The maximum absolute atomic E-state index is 12.8. The minimum absolute atomic E-state index is 0.132. The van der Waals surface area contributed by atoms with Crippen molar-refractivity contribution in [3.63, 3.8) is 0 Å². The van der Waals surface area contributed by atoms with Crippen LogP contribution < -0.4 is 14.8 Å². The quantitative estimate of drug-likeness (QED) is 0.565. The molecular formula is C19H16N4O3S. The summed E-state index contributed by atoms with van der Waals surface area (Å²) in [4.78, 5) is 26.1. The molecule has 0 saturated carbocycles. The number of methoxy groups -OCH3 is 1. The molecule has 1 amide bonds. The van der Waals surface area contributed by atoms with Gasteiger partial charge in [0.25, 0.3) is 5.91 Å². The average molecular weight is 380 g/mol. The van der Waals surface area contributed by atoms with Gasteiger partial charge in [-0.25, -0.2) is 15.0 Å². The summed E-state index contributed by atoms with van der Waals surface area (Å²) in [5.41, 5.74) is 2.21. The third kappa shape index (κ3) is 3.39. The van der Waals surface area contributed by atoms with Gasteiger partial charge in [-0.2, -0.15) is 0 Å². The molecule has 27 heavy (non-hydrogen) atoms. The number of ether oxygens (including phenoxy) is 2. The fourth-order valence-electron chi connectivity index (χ4n) is 2.61. The molecule has 4 aromatic rings. The van der Waals surface area contributed by atoms with Crippen LogP contribution in [0.1, 0.15) is 17.4 Å². The van der Waals surface area contributed by atoms with Crippen molar-refractivity contribution in [1.29, 1.82) is 0 Å². The van der Waals surface area contributed by atoms with E-state index in [1.807, 2.05) is 43.3 Å². The van der Waals surface area contributed by atoms with E-state index in [0.29, 0.717) is 22.8 Å². The first kappa shape index (κ1) is 17.2. The van der Waals surface area contributed by atoms with Gasteiger partial charge in [-0.15, -0.1) is 0 Å². The van der Waals surface area contributed by atoms with Crippen LogP contribution in [0.5, 0.6) is 11.6 Å². The van der Waals surface area contributed by atoms with Gasteiger partial charge in [0.1, 0.15) is 5.75 Å². The first-order chi connectivity index (χ1) is 13.2. The third-order valence-electron chi connectivity index (χ3n) is 3.85. The molecule has 2 aromatic heterocycles. The van der Waals surface area contributed by atoms with E-state index in [1.165, 1.54) is 11.3 Å². The lowest BCUT2D eigenvalue weighted by Crippen LogP contribution is -2.16. The van der Waals surface area contributed by atoms with Crippen molar-refractivity contribution in [2.75, 3.05) is 19.0 Å². The van der Waals surface area contributed by atoms with Crippen LogP contribution in [0.15, 0.2) is 42.5 Å². The molecule has 0 aliphatic rings. The molecule has 0 unspecified atom stereocenters. The molecule has 0 radical (unpaired) electrons. The predicted octanol–water partition coefficient (Wildman–Crippen LogP) is 3.90. The molecule has 2 heterocycles. The second kappa shape index (κ2) is 7.16. The average Bonchev–Trinajstić information content (AvgIpc) is 3.08. The van der Waals surface area contributed by atoms with E-state index in [4.69, 9.17) is 9.47 Å². The number of anilines is 1. The molecule has 0 aliphatic heterocycles. The van der Waals surface area contributed by atoms with Crippen molar-refractivity contribution in [2.45, 2.75) is 6.92 Å². The van der Waals surface area contributed by atoms with Crippen molar-refractivity contribution >= 4 is 43.6 Å². The summed E-state index contributed by atoms with van der Waals surface area (Å²) < 4.78 is 11.7. The van der Waals surface area contributed by atoms with Gasteiger partial charge in [0.15, 0.2) is 10.8 Å². The van der Waals surface area contributed by atoms with E-state index in [1.54, 1.807) is 13.2 Å². The van der Waals surface area contributed by atoms with E-state index in [-0.39, 0.29) is 11.6 Å². The minimum atomic E-state index is -0.414. The van der Waals surface area contributed by atoms with Crippen molar-refractivity contribution < 1.29 is 14.3 Å². The highest BCUT2D eigenvalue weighted by atomic mass is 32.1. The summed E-state index contributed by atoms with van der Waals surface area (Å²) in [5.74, 6) is 0.530. The third-order valence-corrected chi connectivity index (χ3v) is 4.78. The highest BCUT2D eigenvalue weighted by molar-refractivity contribution is 7.22. The molecule has 0 spiro atoms. The van der Waals surface area contributed by atoms with Gasteiger partial charge in [0, 0.05) is 0 Å². The summed E-state index contributed by atoms with van der Waals surface area (Å²) in [5, 5.41) is 3.27. The van der Waals surface area contributed by atoms with Crippen LogP contribution in [0.25, 0.3) is 21.3 Å². The minimum Gasteiger partial charge on any atom is -0.497 e. The lowest BCUT2D eigenvalue weighted by atomic mass is 10.3. The van der Waals surface area contributed by atoms with E-state index < -0.39 is 5.91 Å². The van der Waals surface area contributed by atoms with Crippen molar-refractivity contribution in [3.8, 4) is 11.6 Å². The Morgan fingerprint density at radius 2 is 1.85 bits per heavy atom. The molecule has 0 atom stereocenters. The van der Waals surface area contributed by atoms with Gasteiger partial charge in [0.2, 0.25) is 5.88 Å². The summed E-state index contributed by atoms with van der Waals surface area (Å²) in [7, 11) is 1.61. The van der Waals surface area contributed by atoms with Crippen molar-refractivity contribution in [2.24, 2.45) is 0 Å². The van der Waals surface area contributed by atoms with Gasteiger partial charge < -0.3 is 9.47 Å². The number of nitrogens with one attached hydrogen (secondary N) is 1. The van der Waals surface area contributed by atoms with Crippen LogP contribution in [-0.4, -0.2) is 34.6 Å². The second-order valence-corrected chi connectivity index (χ2v) is 6.64. The number of thiazole rings is 1. The number of fused-ring (bicyclic) bond motifs is 2. The smallest absolute Gasteiger partial charge is 0.281 e. The Hall–Kier alpha value is -3.26. The first-order valence-electron chi connectivity index (χ1n) is 8.33. The van der Waals surface area contributed by atoms with E-state index >= 15 is 0 Å². The van der Waals surface area contributed by atoms with Crippen LogP contribution in [0.3, 0.4) is 0 Å². The first-order valence-corrected chi connectivity index (χ1v) is 9.15. The monoisotopic (exact) mass is 380 g/mol. The number of nitrogens with zero attached hydrogens (tertiary/aromatic N) is 3. The Kier molecular flexibility index (Phi) is 4.55. The molecule has 8 heteroatoms. The molecular weight excluding hydrogens is 364 g/mol. The molecule has 7 nitrogen and oxygen atoms in total. The van der Waals surface area contributed by atoms with Crippen LogP contribution in [-0.2, 0) is 0 Å². The predicted molar refractivity (Wildman–Crippen MR) is 105 cm³/mol. The lowest BCUT2D eigenvalue weighted by molar-refractivity contribution is 0.101. The number of amides is 1. The number of rotatable bonds is 5. The van der Waals surface area contributed by atoms with Crippen LogP contribution in [0.4, 0.5) is 5.13 Å². The zero-order valence-electron chi connectivity index (χ0n) is 14.7. The topological polar surface area (TPSA) is 86.2 Å². The number of carbonyl (C=O) groups is 1. The standard InChI is InChI=1S/C19H16N4O3S/c1-3-26-18-16(20-12-6-4-5-7-13(12)21-18)17(24)23-19-22-14-9-8-11(25-2)10-15(14)27-19/h4-10H,3H2,1-2H3,(H,22,23,24). The normalized spacial score (nSPS) is 10.9. The maximum atomic E-state index is 12.8. The number of carbonyl (C=O) groups excluding carboxylic acids is 1. The maximum Gasteiger partial charge on any atom is 0.281 e. The van der Waals surface area contributed by atoms with Gasteiger partial charge in [-0.1, -0.05) is 23.5 Å². The largest absolute Gasteiger partial charge is 0.497 e. The van der Waals surface area contributed by atoms with E-state index in [0.717, 1.165) is 16.0 Å². The van der Waals surface area contributed by atoms with Crippen LogP contribution in [0.2, 0.25) is 0 Å². The van der Waals surface area contributed by atoms with Crippen LogP contribution >= 0.6 is 11.3 Å². The SMILES string of the molecule is CCOc1nc2ccccc2nc1C(=O)Nc1nc2ccc(OC)cc2s1. The fraction of sp³-hybridized carbons (Fsp3) is 0.158. The molecule has 0 aliphatic carbocycles. The fourth-order valence-corrected chi connectivity index (χ4v) is 3.50. The lowest BCUT2D eigenvalue weighted by Gasteiger charge is -2.09. The number of aromatic nitrogens is 3. The van der Waals surface area contributed by atoms with Crippen molar-refractivity contribution in [3.05, 3.63) is 48.2 Å². The number of hydrogen-bond acceptors (Lipinski definition) is 7. The summed E-state index contributed by atoms with van der Waals surface area (Å²) >= 11 is 1.36. The van der Waals surface area contributed by atoms with E-state index in [9.17, 15) is 4.79 Å². The summed E-state index contributed by atoms with van der Waals surface area (Å²) in [6.45, 7) is 2.22. The number of benzene rings is 2. The Balaban J connectivity index is 1.68. The molecule has 0 bridgehead atoms. The molecule has 2 aromatic carbocycles. The molecule has 4 rings (SSSR count). The second-order valence-electron chi connectivity index (χ2n) is 5.61. The van der Waals surface area contributed by atoms with Crippen LogP contribution in [0, 0.1) is 0 Å². The molecule has 0 fully saturated rings. The van der Waals surface area contributed by atoms with E-state index in [2.05, 4.69) is 20.3 Å². The van der Waals surface area contributed by atoms with Gasteiger partial charge in [-0.05, 0) is 37.3 Å². The summed E-state index contributed by atoms with van der Waals surface area (Å²) in [6, 6.07) is 12.9. The Morgan fingerprint density at radius 1 is 1.07 bits per heavy atom. The molecule has 136 valence electrons. The number of hydrogen-bond donors (Lipinski definition) is 1. The highest BCUT2D eigenvalue weighted by Crippen LogP contribution is 2.30. The zero-order valence-corrected chi connectivity index (χ0v) is 15.5. The van der Waals surface area contributed by atoms with Gasteiger partial charge >= 0.3 is 0 Å². The Labute approximate surface area is 159 Å². The molecule has 0 saturated heterocycles. The highest BCUT2D eigenvalue weighted by Gasteiger charge is 2.19.